The smallest absolute Gasteiger partial charge is 0.241 e. The molecule has 0 saturated heterocycles. The van der Waals surface area contributed by atoms with Gasteiger partial charge in [-0.25, -0.2) is 15.0 Å². The minimum Gasteiger partial charge on any atom is -0.436 e. The van der Waals surface area contributed by atoms with Crippen LogP contribution in [0.1, 0.15) is 0 Å². The lowest BCUT2D eigenvalue weighted by molar-refractivity contribution is 0.620. The van der Waals surface area contributed by atoms with E-state index in [0.717, 1.165) is 81.9 Å². The molecule has 3 heterocycles. The van der Waals surface area contributed by atoms with Crippen LogP contribution >= 0.6 is 11.3 Å². The molecule has 0 atom stereocenters. The van der Waals surface area contributed by atoms with E-state index in [1.807, 2.05) is 24.3 Å². The summed E-state index contributed by atoms with van der Waals surface area (Å²) in [6.07, 6.45) is 0. The molecular weight excluding hydrogens is 778 g/mol. The summed E-state index contributed by atoms with van der Waals surface area (Å²) in [7, 11) is 0. The summed E-state index contributed by atoms with van der Waals surface area (Å²) in [4.78, 5) is 15.1. The van der Waals surface area contributed by atoms with Crippen LogP contribution < -0.4 is 16.4 Å². The van der Waals surface area contributed by atoms with E-state index < -0.39 is 0 Å². The Kier molecular flexibility index (Phi) is 7.80. The molecule has 288 valence electrons. The minimum absolute atomic E-state index is 0.0572. The number of oxazole rings is 2. The molecular formula is C55H32BN3O2S. The van der Waals surface area contributed by atoms with Gasteiger partial charge in [0.15, 0.2) is 11.2 Å². The number of aromatic nitrogens is 3. The van der Waals surface area contributed by atoms with Gasteiger partial charge in [-0.05, 0) is 56.6 Å². The van der Waals surface area contributed by atoms with Crippen molar-refractivity contribution in [2.75, 3.05) is 0 Å². The van der Waals surface area contributed by atoms with Crippen molar-refractivity contribution in [3.8, 4) is 33.5 Å². The molecule has 0 aliphatic carbocycles. The number of hydrogen-bond donors (Lipinski definition) is 0. The first kappa shape index (κ1) is 34.9. The lowest BCUT2D eigenvalue weighted by Crippen LogP contribution is -2.51. The number of hydrogen-bond acceptors (Lipinski definition) is 6. The highest BCUT2D eigenvalue weighted by Crippen LogP contribution is 2.40. The molecule has 62 heavy (non-hydrogen) atoms. The Morgan fingerprint density at radius 1 is 0.371 bits per heavy atom. The first-order chi connectivity index (χ1) is 30.7. The maximum atomic E-state index is 6.32. The highest BCUT2D eigenvalue weighted by atomic mass is 32.1. The Balaban J connectivity index is 0.887. The zero-order valence-corrected chi connectivity index (χ0v) is 33.9. The third kappa shape index (κ3) is 5.74. The molecule has 3 aromatic heterocycles. The van der Waals surface area contributed by atoms with Gasteiger partial charge in [0.2, 0.25) is 18.5 Å². The Hall–Kier alpha value is -7.87. The quantitative estimate of drug-likeness (QED) is 0.124. The van der Waals surface area contributed by atoms with Gasteiger partial charge < -0.3 is 8.83 Å². The fourth-order valence-corrected chi connectivity index (χ4v) is 10.3. The summed E-state index contributed by atoms with van der Waals surface area (Å²) in [5.74, 6) is 1.21. The van der Waals surface area contributed by atoms with E-state index in [1.165, 1.54) is 31.7 Å². The third-order valence-corrected chi connectivity index (χ3v) is 13.4. The molecule has 0 aliphatic rings. The average molecular weight is 810 g/mol. The largest absolute Gasteiger partial charge is 0.436 e. The normalized spacial score (nSPS) is 11.9. The molecule has 0 radical (unpaired) electrons. The second-order valence-electron chi connectivity index (χ2n) is 16.0. The van der Waals surface area contributed by atoms with Crippen molar-refractivity contribution >= 4 is 110 Å². The molecule has 0 spiro atoms. The topological polar surface area (TPSA) is 65.0 Å². The predicted octanol–water partition coefficient (Wildman–Crippen LogP) is 12.7. The van der Waals surface area contributed by atoms with Crippen LogP contribution in [0.25, 0.3) is 109 Å². The van der Waals surface area contributed by atoms with Gasteiger partial charge in [-0.3, -0.25) is 0 Å². The molecule has 13 rings (SSSR count). The standard InChI is InChI=1S/C55H32BN3O2S/c1-3-11-38-31-49-47(29-36(38)9-1)57-53(60-49)33-17-23-40(24-18-33)56(41-25-19-34(20-26-41)54-58-48-30-37-10-2-4-12-39(37)32-50(48)61-54)42-27-21-35(22-28-42)55-59-51-45-15-7-5-13-43(45)44-14-6-8-16-46(44)52(51)62-55/h1-32H. The lowest BCUT2D eigenvalue weighted by atomic mass is 9.37. The van der Waals surface area contributed by atoms with Gasteiger partial charge in [-0.2, -0.15) is 0 Å². The summed E-state index contributed by atoms with van der Waals surface area (Å²) < 4.78 is 13.9. The first-order valence-electron chi connectivity index (χ1n) is 20.8. The molecule has 0 aliphatic heterocycles. The Morgan fingerprint density at radius 3 is 1.27 bits per heavy atom. The van der Waals surface area contributed by atoms with E-state index in [2.05, 4.69) is 170 Å². The number of thiazole rings is 1. The van der Waals surface area contributed by atoms with Crippen LogP contribution in [-0.4, -0.2) is 21.7 Å². The summed E-state index contributed by atoms with van der Waals surface area (Å²) in [6, 6.07) is 68.4. The molecule has 10 aromatic carbocycles. The predicted molar refractivity (Wildman–Crippen MR) is 259 cm³/mol. The van der Waals surface area contributed by atoms with Crippen molar-refractivity contribution in [3.05, 3.63) is 194 Å². The lowest BCUT2D eigenvalue weighted by Gasteiger charge is -2.16. The fourth-order valence-electron chi connectivity index (χ4n) is 9.15. The van der Waals surface area contributed by atoms with E-state index >= 15 is 0 Å². The van der Waals surface area contributed by atoms with E-state index in [9.17, 15) is 0 Å². The molecule has 0 bridgehead atoms. The monoisotopic (exact) mass is 809 g/mol. The second kappa shape index (κ2) is 13.8. The van der Waals surface area contributed by atoms with Gasteiger partial charge in [-0.15, -0.1) is 11.3 Å². The van der Waals surface area contributed by atoms with Gasteiger partial charge in [0.25, 0.3) is 0 Å². The molecule has 7 heteroatoms. The van der Waals surface area contributed by atoms with Gasteiger partial charge in [0.05, 0.1) is 10.2 Å². The van der Waals surface area contributed by atoms with E-state index in [4.69, 9.17) is 23.8 Å². The van der Waals surface area contributed by atoms with Gasteiger partial charge >= 0.3 is 0 Å². The Labute approximate surface area is 359 Å². The Bertz CT molecular complexity index is 3530. The zero-order valence-electron chi connectivity index (χ0n) is 33.1. The molecule has 5 nitrogen and oxygen atoms in total. The van der Waals surface area contributed by atoms with E-state index in [0.29, 0.717) is 11.8 Å². The van der Waals surface area contributed by atoms with E-state index in [-0.39, 0.29) is 6.71 Å². The summed E-state index contributed by atoms with van der Waals surface area (Å²) in [5, 5.41) is 10.5. The summed E-state index contributed by atoms with van der Waals surface area (Å²) >= 11 is 1.76. The van der Waals surface area contributed by atoms with Crippen molar-refractivity contribution < 1.29 is 8.83 Å². The van der Waals surface area contributed by atoms with Crippen LogP contribution in [0.5, 0.6) is 0 Å². The highest BCUT2D eigenvalue weighted by Gasteiger charge is 2.24. The van der Waals surface area contributed by atoms with Crippen molar-refractivity contribution in [2.45, 2.75) is 0 Å². The molecule has 0 fully saturated rings. The molecule has 0 amide bonds. The average Bonchev–Trinajstić information content (AvgIpc) is 4.08. The van der Waals surface area contributed by atoms with Gasteiger partial charge in [0, 0.05) is 27.5 Å². The van der Waals surface area contributed by atoms with Crippen molar-refractivity contribution in [1.29, 1.82) is 0 Å². The van der Waals surface area contributed by atoms with Crippen LogP contribution in [0.4, 0.5) is 0 Å². The van der Waals surface area contributed by atoms with Crippen LogP contribution in [-0.2, 0) is 0 Å². The minimum atomic E-state index is -0.0572. The van der Waals surface area contributed by atoms with Crippen LogP contribution in [0.3, 0.4) is 0 Å². The molecule has 0 saturated carbocycles. The third-order valence-electron chi connectivity index (χ3n) is 12.3. The first-order valence-corrected chi connectivity index (χ1v) is 21.6. The maximum absolute atomic E-state index is 6.32. The van der Waals surface area contributed by atoms with Crippen molar-refractivity contribution in [2.24, 2.45) is 0 Å². The summed E-state index contributed by atoms with van der Waals surface area (Å²) in [5.41, 5.74) is 10.8. The van der Waals surface area contributed by atoms with E-state index in [1.54, 1.807) is 11.3 Å². The van der Waals surface area contributed by atoms with Crippen LogP contribution in [0.2, 0.25) is 0 Å². The summed E-state index contributed by atoms with van der Waals surface area (Å²) in [6.45, 7) is -0.0572. The number of nitrogens with zero attached hydrogens (tertiary/aromatic N) is 3. The molecule has 0 N–H and O–H groups in total. The van der Waals surface area contributed by atoms with Gasteiger partial charge in [-0.1, -0.05) is 186 Å². The highest BCUT2D eigenvalue weighted by molar-refractivity contribution is 7.22. The van der Waals surface area contributed by atoms with Crippen molar-refractivity contribution in [1.82, 2.24) is 15.0 Å². The Morgan fingerprint density at radius 2 is 0.774 bits per heavy atom. The molecule has 13 aromatic rings. The molecule has 0 unspecified atom stereocenters. The van der Waals surface area contributed by atoms with Gasteiger partial charge in [0.1, 0.15) is 16.0 Å². The van der Waals surface area contributed by atoms with Crippen LogP contribution in [0.15, 0.2) is 203 Å². The van der Waals surface area contributed by atoms with Crippen molar-refractivity contribution in [3.63, 3.8) is 0 Å². The number of rotatable bonds is 6. The number of benzene rings is 10. The number of fused-ring (bicyclic) bond motifs is 10. The maximum Gasteiger partial charge on any atom is 0.241 e. The van der Waals surface area contributed by atoms with Crippen LogP contribution in [0, 0.1) is 0 Å². The zero-order chi connectivity index (χ0) is 40.7. The fraction of sp³-hybridized carbons (Fsp3) is 0. The second-order valence-corrected chi connectivity index (χ2v) is 17.0. The SMILES string of the molecule is c1ccc2cc3oc(-c4ccc(B(c5ccc(-c6nc7cc8ccccc8cc7o6)cc5)c5ccc(-c6nc7c8ccccc8c8ccccc8c7s6)cc5)cc4)nc3cc2c1.